The maximum Gasteiger partial charge on any atom is 0.0568 e. The summed E-state index contributed by atoms with van der Waals surface area (Å²) >= 11 is 0. The molecule has 3 nitrogen and oxygen atoms in total. The van der Waals surface area contributed by atoms with E-state index in [1.165, 1.54) is 35.1 Å². The van der Waals surface area contributed by atoms with Crippen molar-refractivity contribution in [3.63, 3.8) is 0 Å². The minimum absolute atomic E-state index is 0.757. The van der Waals surface area contributed by atoms with E-state index in [2.05, 4.69) is 48.7 Å². The SMILES string of the molecule is CCn1cc(-c2cc(CNC3CC3)ccc2C)cn1. The number of nitrogens with zero attached hydrogens (tertiary/aromatic N) is 2. The molecule has 3 heteroatoms. The van der Waals surface area contributed by atoms with Crippen LogP contribution in [0.3, 0.4) is 0 Å². The van der Waals surface area contributed by atoms with E-state index in [0.29, 0.717) is 0 Å². The highest BCUT2D eigenvalue weighted by atomic mass is 15.3. The minimum atomic E-state index is 0.757. The van der Waals surface area contributed by atoms with Crippen molar-refractivity contribution in [3.05, 3.63) is 41.7 Å². The quantitative estimate of drug-likeness (QED) is 0.889. The van der Waals surface area contributed by atoms with Crippen molar-refractivity contribution in [2.24, 2.45) is 0 Å². The van der Waals surface area contributed by atoms with E-state index in [-0.39, 0.29) is 0 Å². The Labute approximate surface area is 114 Å². The summed E-state index contributed by atoms with van der Waals surface area (Å²) < 4.78 is 1.98. The third-order valence-electron chi connectivity index (χ3n) is 3.74. The molecule has 0 bridgehead atoms. The second-order valence-electron chi connectivity index (χ2n) is 5.39. The molecule has 1 heterocycles. The fourth-order valence-electron chi connectivity index (χ4n) is 2.32. The third-order valence-corrected chi connectivity index (χ3v) is 3.74. The molecule has 1 N–H and O–H groups in total. The summed E-state index contributed by atoms with van der Waals surface area (Å²) in [7, 11) is 0. The van der Waals surface area contributed by atoms with Gasteiger partial charge < -0.3 is 5.32 Å². The third kappa shape index (κ3) is 2.87. The zero-order chi connectivity index (χ0) is 13.2. The van der Waals surface area contributed by atoms with Gasteiger partial charge in [0.05, 0.1) is 6.20 Å². The van der Waals surface area contributed by atoms with Gasteiger partial charge in [0.15, 0.2) is 0 Å². The molecule has 1 fully saturated rings. The van der Waals surface area contributed by atoms with Gasteiger partial charge in [-0.1, -0.05) is 12.1 Å². The molecule has 3 rings (SSSR count). The molecule has 0 unspecified atom stereocenters. The predicted molar refractivity (Wildman–Crippen MR) is 77.9 cm³/mol. The molecule has 100 valence electrons. The highest BCUT2D eigenvalue weighted by Crippen LogP contribution is 2.25. The van der Waals surface area contributed by atoms with E-state index in [1.54, 1.807) is 0 Å². The number of aromatic nitrogens is 2. The van der Waals surface area contributed by atoms with Crippen LogP contribution in [0.5, 0.6) is 0 Å². The van der Waals surface area contributed by atoms with E-state index < -0.39 is 0 Å². The molecule has 1 aromatic carbocycles. The van der Waals surface area contributed by atoms with Crippen LogP contribution in [0, 0.1) is 6.92 Å². The molecular formula is C16H21N3. The van der Waals surface area contributed by atoms with Gasteiger partial charge in [-0.15, -0.1) is 0 Å². The minimum Gasteiger partial charge on any atom is -0.310 e. The lowest BCUT2D eigenvalue weighted by Gasteiger charge is -2.08. The Morgan fingerprint density at radius 1 is 1.37 bits per heavy atom. The first kappa shape index (κ1) is 12.4. The lowest BCUT2D eigenvalue weighted by molar-refractivity contribution is 0.660. The van der Waals surface area contributed by atoms with Crippen molar-refractivity contribution in [1.82, 2.24) is 15.1 Å². The van der Waals surface area contributed by atoms with Crippen molar-refractivity contribution in [2.75, 3.05) is 0 Å². The van der Waals surface area contributed by atoms with Gasteiger partial charge in [-0.3, -0.25) is 4.68 Å². The van der Waals surface area contributed by atoms with Crippen LogP contribution in [0.25, 0.3) is 11.1 Å². The molecule has 1 saturated carbocycles. The molecule has 0 atom stereocenters. The van der Waals surface area contributed by atoms with E-state index in [0.717, 1.165) is 19.1 Å². The van der Waals surface area contributed by atoms with Crippen LogP contribution in [0.1, 0.15) is 30.9 Å². The number of rotatable bonds is 5. The lowest BCUT2D eigenvalue weighted by atomic mass is 10.0. The van der Waals surface area contributed by atoms with E-state index >= 15 is 0 Å². The number of hydrogen-bond donors (Lipinski definition) is 1. The van der Waals surface area contributed by atoms with Gasteiger partial charge in [0.1, 0.15) is 0 Å². The van der Waals surface area contributed by atoms with Gasteiger partial charge in [-0.25, -0.2) is 0 Å². The molecule has 1 aromatic heterocycles. The van der Waals surface area contributed by atoms with E-state index in [4.69, 9.17) is 0 Å². The Morgan fingerprint density at radius 2 is 2.21 bits per heavy atom. The first-order valence-electron chi connectivity index (χ1n) is 7.12. The summed E-state index contributed by atoms with van der Waals surface area (Å²) in [5.74, 6) is 0. The van der Waals surface area contributed by atoms with Crippen molar-refractivity contribution < 1.29 is 0 Å². The van der Waals surface area contributed by atoms with Crippen molar-refractivity contribution in [2.45, 2.75) is 45.8 Å². The summed E-state index contributed by atoms with van der Waals surface area (Å²) in [6, 6.07) is 7.48. The average Bonchev–Trinajstić information content (AvgIpc) is 3.13. The molecule has 19 heavy (non-hydrogen) atoms. The molecule has 1 aliphatic rings. The van der Waals surface area contributed by atoms with Crippen molar-refractivity contribution in [3.8, 4) is 11.1 Å². The van der Waals surface area contributed by atoms with Crippen molar-refractivity contribution >= 4 is 0 Å². The lowest BCUT2D eigenvalue weighted by Crippen LogP contribution is -2.15. The molecule has 2 aromatic rings. The summed E-state index contributed by atoms with van der Waals surface area (Å²) in [5.41, 5.74) is 5.19. The van der Waals surface area contributed by atoms with Crippen molar-refractivity contribution in [1.29, 1.82) is 0 Å². The second-order valence-corrected chi connectivity index (χ2v) is 5.39. The standard InChI is InChI=1S/C16H21N3/c1-3-19-11-14(10-18-19)16-8-13(5-4-12(16)2)9-17-15-6-7-15/h4-5,8,10-11,15,17H,3,6-7,9H2,1-2H3. The highest BCUT2D eigenvalue weighted by molar-refractivity contribution is 5.66. The maximum atomic E-state index is 4.37. The Balaban J connectivity index is 1.83. The zero-order valence-corrected chi connectivity index (χ0v) is 11.7. The number of hydrogen-bond acceptors (Lipinski definition) is 2. The molecular weight excluding hydrogens is 234 g/mol. The summed E-state index contributed by atoms with van der Waals surface area (Å²) in [5, 5.41) is 7.93. The highest BCUT2D eigenvalue weighted by Gasteiger charge is 2.20. The Morgan fingerprint density at radius 3 is 2.89 bits per heavy atom. The largest absolute Gasteiger partial charge is 0.310 e. The second kappa shape index (κ2) is 5.17. The van der Waals surface area contributed by atoms with Gasteiger partial charge in [0.2, 0.25) is 0 Å². The molecule has 0 amide bonds. The maximum absolute atomic E-state index is 4.37. The monoisotopic (exact) mass is 255 g/mol. The van der Waals surface area contributed by atoms with E-state index in [1.807, 2.05) is 10.9 Å². The zero-order valence-electron chi connectivity index (χ0n) is 11.7. The van der Waals surface area contributed by atoms with Gasteiger partial charge in [0, 0.05) is 30.9 Å². The van der Waals surface area contributed by atoms with Crippen LogP contribution in [-0.4, -0.2) is 15.8 Å². The van der Waals surface area contributed by atoms with Crippen LogP contribution < -0.4 is 5.32 Å². The number of benzene rings is 1. The molecule has 0 radical (unpaired) electrons. The van der Waals surface area contributed by atoms with Gasteiger partial charge in [-0.05, 0) is 49.4 Å². The molecule has 0 saturated heterocycles. The normalized spacial score (nSPS) is 14.8. The molecule has 0 aliphatic heterocycles. The molecule has 1 aliphatic carbocycles. The Hall–Kier alpha value is -1.61. The van der Waals surface area contributed by atoms with Crippen LogP contribution in [0.4, 0.5) is 0 Å². The first-order chi connectivity index (χ1) is 9.26. The number of nitrogens with one attached hydrogen (secondary N) is 1. The average molecular weight is 255 g/mol. The topological polar surface area (TPSA) is 29.9 Å². The van der Waals surface area contributed by atoms with Gasteiger partial charge in [-0.2, -0.15) is 5.10 Å². The fraction of sp³-hybridized carbons (Fsp3) is 0.438. The summed E-state index contributed by atoms with van der Waals surface area (Å²) in [6.45, 7) is 6.16. The Bertz CT molecular complexity index is 567. The smallest absolute Gasteiger partial charge is 0.0568 e. The molecule has 0 spiro atoms. The van der Waals surface area contributed by atoms with Crippen LogP contribution in [0.2, 0.25) is 0 Å². The van der Waals surface area contributed by atoms with Gasteiger partial charge >= 0.3 is 0 Å². The van der Waals surface area contributed by atoms with Crippen LogP contribution in [0.15, 0.2) is 30.6 Å². The van der Waals surface area contributed by atoms with Crippen LogP contribution >= 0.6 is 0 Å². The van der Waals surface area contributed by atoms with Gasteiger partial charge in [0.25, 0.3) is 0 Å². The number of aryl methyl sites for hydroxylation is 2. The van der Waals surface area contributed by atoms with E-state index in [9.17, 15) is 0 Å². The first-order valence-corrected chi connectivity index (χ1v) is 7.12. The Kier molecular flexibility index (Phi) is 3.38. The summed E-state index contributed by atoms with van der Waals surface area (Å²) in [4.78, 5) is 0. The summed E-state index contributed by atoms with van der Waals surface area (Å²) in [6.07, 6.45) is 6.76. The fourth-order valence-corrected chi connectivity index (χ4v) is 2.32. The predicted octanol–water partition coefficient (Wildman–Crippen LogP) is 3.13. The van der Waals surface area contributed by atoms with Crippen LogP contribution in [-0.2, 0) is 13.1 Å².